The van der Waals surface area contributed by atoms with Crippen molar-refractivity contribution < 1.29 is 24.1 Å². The fraction of sp³-hybridized carbons (Fsp3) is 0.409. The van der Waals surface area contributed by atoms with Crippen molar-refractivity contribution in [1.29, 1.82) is 0 Å². The maximum atomic E-state index is 13.7. The summed E-state index contributed by atoms with van der Waals surface area (Å²) in [6, 6.07) is 11.7. The summed E-state index contributed by atoms with van der Waals surface area (Å²) in [6.45, 7) is 5.65. The lowest BCUT2D eigenvalue weighted by molar-refractivity contribution is -0.162. The molecule has 1 atom stereocenters. The number of ether oxygens (including phenoxy) is 1. The van der Waals surface area contributed by atoms with Crippen LogP contribution in [0.4, 0.5) is 4.39 Å². The van der Waals surface area contributed by atoms with Crippen LogP contribution < -0.4 is 4.74 Å². The summed E-state index contributed by atoms with van der Waals surface area (Å²) in [6.07, 6.45) is 0.397. The van der Waals surface area contributed by atoms with Gasteiger partial charge in [-0.05, 0) is 54.5 Å². The molecule has 146 valence electrons. The van der Waals surface area contributed by atoms with Crippen LogP contribution in [0.15, 0.2) is 42.5 Å². The Labute approximate surface area is 159 Å². The Balaban J connectivity index is 2.26. The number of hydrogen-bond donors (Lipinski definition) is 2. The SMILES string of the molecule is COc1ccc(F)cc1CC(C)(C)CC(O)(Cc1cccc(C)c1)C(=O)O. The molecule has 4 nitrogen and oxygen atoms in total. The monoisotopic (exact) mass is 374 g/mol. The zero-order chi connectivity index (χ0) is 20.2. The highest BCUT2D eigenvalue weighted by Gasteiger charge is 2.41. The third-order valence-electron chi connectivity index (χ3n) is 4.66. The van der Waals surface area contributed by atoms with E-state index >= 15 is 0 Å². The summed E-state index contributed by atoms with van der Waals surface area (Å²) in [4.78, 5) is 11.9. The van der Waals surface area contributed by atoms with Crippen molar-refractivity contribution in [2.24, 2.45) is 5.41 Å². The molecule has 0 bridgehead atoms. The van der Waals surface area contributed by atoms with Crippen LogP contribution >= 0.6 is 0 Å². The number of methoxy groups -OCH3 is 1. The van der Waals surface area contributed by atoms with Crippen LogP contribution in [0.25, 0.3) is 0 Å². The number of carboxylic acids is 1. The zero-order valence-corrected chi connectivity index (χ0v) is 16.3. The van der Waals surface area contributed by atoms with E-state index in [1.165, 1.54) is 19.2 Å². The molecule has 2 N–H and O–H groups in total. The minimum atomic E-state index is -1.92. The van der Waals surface area contributed by atoms with Crippen LogP contribution in [-0.4, -0.2) is 28.9 Å². The molecule has 5 heteroatoms. The number of hydrogen-bond acceptors (Lipinski definition) is 3. The van der Waals surface area contributed by atoms with Gasteiger partial charge in [0.2, 0.25) is 0 Å². The second-order valence-corrected chi connectivity index (χ2v) is 7.98. The summed E-state index contributed by atoms with van der Waals surface area (Å²) in [7, 11) is 1.51. The highest BCUT2D eigenvalue weighted by atomic mass is 19.1. The van der Waals surface area contributed by atoms with E-state index in [1.54, 1.807) is 6.07 Å². The molecule has 0 heterocycles. The van der Waals surface area contributed by atoms with Crippen LogP contribution in [-0.2, 0) is 17.6 Å². The van der Waals surface area contributed by atoms with Gasteiger partial charge < -0.3 is 14.9 Å². The number of aliphatic hydroxyl groups is 1. The molecule has 0 saturated heterocycles. The Morgan fingerprint density at radius 1 is 1.15 bits per heavy atom. The van der Waals surface area contributed by atoms with E-state index < -0.39 is 17.0 Å². The molecule has 2 aromatic carbocycles. The molecule has 0 aliphatic rings. The molecule has 0 aromatic heterocycles. The van der Waals surface area contributed by atoms with Crippen LogP contribution in [0.3, 0.4) is 0 Å². The molecule has 2 rings (SSSR count). The first kappa shape index (κ1) is 20.9. The van der Waals surface area contributed by atoms with Gasteiger partial charge in [0.05, 0.1) is 7.11 Å². The maximum absolute atomic E-state index is 13.7. The summed E-state index contributed by atoms with van der Waals surface area (Å²) in [5.74, 6) is -1.10. The molecular weight excluding hydrogens is 347 g/mol. The third-order valence-corrected chi connectivity index (χ3v) is 4.66. The van der Waals surface area contributed by atoms with E-state index in [2.05, 4.69) is 0 Å². The van der Waals surface area contributed by atoms with Gasteiger partial charge in [0.15, 0.2) is 5.60 Å². The Morgan fingerprint density at radius 3 is 2.44 bits per heavy atom. The first-order valence-corrected chi connectivity index (χ1v) is 8.88. The molecule has 0 spiro atoms. The lowest BCUT2D eigenvalue weighted by Crippen LogP contribution is -2.45. The predicted molar refractivity (Wildman–Crippen MR) is 103 cm³/mol. The molecular formula is C22H27FO4. The van der Waals surface area contributed by atoms with Gasteiger partial charge >= 0.3 is 5.97 Å². The Bertz CT molecular complexity index is 816. The zero-order valence-electron chi connectivity index (χ0n) is 16.3. The van der Waals surface area contributed by atoms with Crippen LogP contribution in [0.1, 0.15) is 37.0 Å². The summed E-state index contributed by atoms with van der Waals surface area (Å²) >= 11 is 0. The number of carbonyl (C=O) groups is 1. The van der Waals surface area contributed by atoms with E-state index in [4.69, 9.17) is 4.74 Å². The van der Waals surface area contributed by atoms with Gasteiger partial charge in [0, 0.05) is 6.42 Å². The number of benzene rings is 2. The van der Waals surface area contributed by atoms with Crippen molar-refractivity contribution in [1.82, 2.24) is 0 Å². The minimum Gasteiger partial charge on any atom is -0.496 e. The van der Waals surface area contributed by atoms with Crippen molar-refractivity contribution in [2.45, 2.75) is 45.6 Å². The quantitative estimate of drug-likeness (QED) is 0.728. The molecule has 2 aromatic rings. The molecule has 27 heavy (non-hydrogen) atoms. The number of halogens is 1. The number of carboxylic acid groups (broad SMARTS) is 1. The summed E-state index contributed by atoms with van der Waals surface area (Å²) in [5, 5.41) is 20.6. The molecule has 0 saturated carbocycles. The van der Waals surface area contributed by atoms with Gasteiger partial charge in [-0.3, -0.25) is 0 Å². The number of rotatable bonds is 8. The van der Waals surface area contributed by atoms with Gasteiger partial charge in [-0.25, -0.2) is 9.18 Å². The Kier molecular flexibility index (Phi) is 6.26. The lowest BCUT2D eigenvalue weighted by Gasteiger charge is -2.34. The van der Waals surface area contributed by atoms with Crippen LogP contribution in [0, 0.1) is 18.2 Å². The van der Waals surface area contributed by atoms with Gasteiger partial charge in [-0.15, -0.1) is 0 Å². The predicted octanol–water partition coefficient (Wildman–Crippen LogP) is 4.16. The summed E-state index contributed by atoms with van der Waals surface area (Å²) in [5.41, 5.74) is -0.107. The van der Waals surface area contributed by atoms with Gasteiger partial charge in [0.25, 0.3) is 0 Å². The second-order valence-electron chi connectivity index (χ2n) is 7.98. The first-order valence-electron chi connectivity index (χ1n) is 8.88. The van der Waals surface area contributed by atoms with Gasteiger partial charge in [-0.2, -0.15) is 0 Å². The van der Waals surface area contributed by atoms with Crippen molar-refractivity contribution >= 4 is 5.97 Å². The third kappa shape index (κ3) is 5.54. The average molecular weight is 374 g/mol. The molecule has 0 amide bonds. The smallest absolute Gasteiger partial charge is 0.336 e. The highest BCUT2D eigenvalue weighted by molar-refractivity contribution is 5.77. The average Bonchev–Trinajstić information content (AvgIpc) is 2.53. The molecule has 1 unspecified atom stereocenters. The van der Waals surface area contributed by atoms with Gasteiger partial charge in [-0.1, -0.05) is 43.7 Å². The standard InChI is InChI=1S/C22H27FO4/c1-15-6-5-7-16(10-15)12-22(26,20(24)25)14-21(2,3)13-17-11-18(23)8-9-19(17)27-4/h5-11,26H,12-14H2,1-4H3,(H,24,25). The molecule has 0 fully saturated rings. The fourth-order valence-electron chi connectivity index (χ4n) is 3.63. The van der Waals surface area contributed by atoms with E-state index in [-0.39, 0.29) is 18.7 Å². The van der Waals surface area contributed by atoms with E-state index in [1.807, 2.05) is 45.0 Å². The van der Waals surface area contributed by atoms with Crippen molar-refractivity contribution in [3.8, 4) is 5.75 Å². The van der Waals surface area contributed by atoms with Crippen molar-refractivity contribution in [3.05, 3.63) is 65.0 Å². The second kappa shape index (κ2) is 8.09. The van der Waals surface area contributed by atoms with Crippen LogP contribution in [0.5, 0.6) is 5.75 Å². The fourth-order valence-corrected chi connectivity index (χ4v) is 3.63. The Hall–Kier alpha value is -2.40. The minimum absolute atomic E-state index is 0.00767. The first-order chi connectivity index (χ1) is 12.5. The van der Waals surface area contributed by atoms with E-state index in [0.717, 1.165) is 11.1 Å². The number of aryl methyl sites for hydroxylation is 1. The van der Waals surface area contributed by atoms with E-state index in [9.17, 15) is 19.4 Å². The Morgan fingerprint density at radius 2 is 1.85 bits per heavy atom. The summed E-state index contributed by atoms with van der Waals surface area (Å²) < 4.78 is 18.9. The molecule has 0 aliphatic carbocycles. The largest absolute Gasteiger partial charge is 0.496 e. The highest BCUT2D eigenvalue weighted by Crippen LogP contribution is 2.36. The maximum Gasteiger partial charge on any atom is 0.336 e. The normalized spacial score (nSPS) is 13.9. The topological polar surface area (TPSA) is 66.8 Å². The van der Waals surface area contributed by atoms with Crippen LogP contribution in [0.2, 0.25) is 0 Å². The van der Waals surface area contributed by atoms with Crippen molar-refractivity contribution in [2.75, 3.05) is 7.11 Å². The lowest BCUT2D eigenvalue weighted by atomic mass is 9.74. The number of aliphatic carboxylic acids is 1. The van der Waals surface area contributed by atoms with Crippen molar-refractivity contribution in [3.63, 3.8) is 0 Å². The van der Waals surface area contributed by atoms with Gasteiger partial charge in [0.1, 0.15) is 11.6 Å². The molecule has 0 radical (unpaired) electrons. The molecule has 0 aliphatic heterocycles. The van der Waals surface area contributed by atoms with E-state index in [0.29, 0.717) is 17.7 Å².